The molecular formula is C11H17N3O2. The molecule has 1 aromatic heterocycles. The molecule has 2 unspecified atom stereocenters. The van der Waals surface area contributed by atoms with E-state index < -0.39 is 0 Å². The van der Waals surface area contributed by atoms with Gasteiger partial charge in [-0.1, -0.05) is 0 Å². The molecule has 5 nitrogen and oxygen atoms in total. The third kappa shape index (κ3) is 3.00. The lowest BCUT2D eigenvalue weighted by Crippen LogP contribution is -2.37. The number of hydrogen-bond acceptors (Lipinski definition) is 5. The first-order chi connectivity index (χ1) is 7.56. The SMILES string of the molecule is COC(=O)C(C)NC(C)c1nccnc1C. The molecule has 1 rings (SSSR count). The number of hydrogen-bond donors (Lipinski definition) is 1. The van der Waals surface area contributed by atoms with Crippen molar-refractivity contribution in [3.63, 3.8) is 0 Å². The molecular weight excluding hydrogens is 206 g/mol. The number of carbonyl (C=O) groups is 1. The first-order valence-electron chi connectivity index (χ1n) is 5.17. The zero-order chi connectivity index (χ0) is 12.1. The van der Waals surface area contributed by atoms with Crippen molar-refractivity contribution in [2.24, 2.45) is 0 Å². The van der Waals surface area contributed by atoms with E-state index in [2.05, 4.69) is 20.0 Å². The fourth-order valence-corrected chi connectivity index (χ4v) is 1.54. The highest BCUT2D eigenvalue weighted by atomic mass is 16.5. The Morgan fingerprint density at radius 1 is 1.38 bits per heavy atom. The van der Waals surface area contributed by atoms with Crippen LogP contribution in [-0.2, 0) is 9.53 Å². The van der Waals surface area contributed by atoms with Crippen LogP contribution in [0.5, 0.6) is 0 Å². The first-order valence-corrected chi connectivity index (χ1v) is 5.17. The molecule has 0 fully saturated rings. The third-order valence-corrected chi connectivity index (χ3v) is 2.38. The van der Waals surface area contributed by atoms with Crippen molar-refractivity contribution >= 4 is 5.97 Å². The maximum absolute atomic E-state index is 11.2. The molecule has 0 aromatic carbocycles. The molecule has 0 saturated carbocycles. The van der Waals surface area contributed by atoms with Gasteiger partial charge in [0.1, 0.15) is 6.04 Å². The minimum Gasteiger partial charge on any atom is -0.468 e. The highest BCUT2D eigenvalue weighted by Gasteiger charge is 2.18. The van der Waals surface area contributed by atoms with Gasteiger partial charge in [-0.25, -0.2) is 0 Å². The molecule has 0 spiro atoms. The molecule has 0 amide bonds. The van der Waals surface area contributed by atoms with E-state index in [-0.39, 0.29) is 18.1 Å². The summed E-state index contributed by atoms with van der Waals surface area (Å²) >= 11 is 0. The van der Waals surface area contributed by atoms with Crippen molar-refractivity contribution in [2.75, 3.05) is 7.11 Å². The Kier molecular flexibility index (Phi) is 4.37. The van der Waals surface area contributed by atoms with E-state index >= 15 is 0 Å². The quantitative estimate of drug-likeness (QED) is 0.771. The van der Waals surface area contributed by atoms with Gasteiger partial charge in [-0.3, -0.25) is 20.1 Å². The molecule has 1 aromatic rings. The fraction of sp³-hybridized carbons (Fsp3) is 0.545. The summed E-state index contributed by atoms with van der Waals surface area (Å²) in [5.41, 5.74) is 1.71. The van der Waals surface area contributed by atoms with Gasteiger partial charge in [-0.05, 0) is 20.8 Å². The minimum absolute atomic E-state index is 0.0391. The van der Waals surface area contributed by atoms with E-state index in [9.17, 15) is 4.79 Å². The molecule has 0 aliphatic heterocycles. The molecule has 0 aliphatic carbocycles. The van der Waals surface area contributed by atoms with Gasteiger partial charge in [0.15, 0.2) is 0 Å². The number of ether oxygens (including phenoxy) is 1. The van der Waals surface area contributed by atoms with Crippen molar-refractivity contribution in [1.82, 2.24) is 15.3 Å². The highest BCUT2D eigenvalue weighted by molar-refractivity contribution is 5.75. The molecule has 88 valence electrons. The van der Waals surface area contributed by atoms with Crippen LogP contribution in [0.4, 0.5) is 0 Å². The standard InChI is InChI=1S/C11H17N3O2/c1-7-10(13-6-5-12-7)8(2)14-9(3)11(15)16-4/h5-6,8-9,14H,1-4H3. The van der Waals surface area contributed by atoms with E-state index in [1.54, 1.807) is 19.3 Å². The number of rotatable bonds is 4. The molecule has 2 atom stereocenters. The Morgan fingerprint density at radius 2 is 2.00 bits per heavy atom. The average molecular weight is 223 g/mol. The zero-order valence-corrected chi connectivity index (χ0v) is 10.0. The van der Waals surface area contributed by atoms with E-state index in [0.29, 0.717) is 0 Å². The number of esters is 1. The summed E-state index contributed by atoms with van der Waals surface area (Å²) in [7, 11) is 1.37. The van der Waals surface area contributed by atoms with Crippen molar-refractivity contribution in [2.45, 2.75) is 32.9 Å². The van der Waals surface area contributed by atoms with Crippen molar-refractivity contribution in [3.05, 3.63) is 23.8 Å². The Bertz CT molecular complexity index is 368. The largest absolute Gasteiger partial charge is 0.468 e. The van der Waals surface area contributed by atoms with Gasteiger partial charge in [-0.2, -0.15) is 0 Å². The molecule has 0 aliphatic rings. The minimum atomic E-state index is -0.360. The predicted molar refractivity (Wildman–Crippen MR) is 59.8 cm³/mol. The Labute approximate surface area is 95.3 Å². The summed E-state index contributed by atoms with van der Waals surface area (Å²) in [6.07, 6.45) is 3.29. The molecule has 1 heterocycles. The van der Waals surface area contributed by atoms with Gasteiger partial charge in [0.2, 0.25) is 0 Å². The van der Waals surface area contributed by atoms with E-state index in [1.165, 1.54) is 7.11 Å². The van der Waals surface area contributed by atoms with Crippen LogP contribution in [0.25, 0.3) is 0 Å². The van der Waals surface area contributed by atoms with Crippen LogP contribution in [0, 0.1) is 6.92 Å². The lowest BCUT2D eigenvalue weighted by Gasteiger charge is -2.18. The summed E-state index contributed by atoms with van der Waals surface area (Å²) < 4.78 is 4.64. The lowest BCUT2D eigenvalue weighted by molar-refractivity contribution is -0.142. The van der Waals surface area contributed by atoms with Crippen molar-refractivity contribution < 1.29 is 9.53 Å². The lowest BCUT2D eigenvalue weighted by atomic mass is 10.1. The van der Waals surface area contributed by atoms with Crippen LogP contribution in [-0.4, -0.2) is 29.1 Å². The maximum Gasteiger partial charge on any atom is 0.322 e. The number of methoxy groups -OCH3 is 1. The topological polar surface area (TPSA) is 64.1 Å². The molecule has 16 heavy (non-hydrogen) atoms. The summed E-state index contributed by atoms with van der Waals surface area (Å²) in [6.45, 7) is 5.59. The summed E-state index contributed by atoms with van der Waals surface area (Å²) in [4.78, 5) is 19.6. The summed E-state index contributed by atoms with van der Waals surface area (Å²) in [6, 6.07) is -0.399. The molecule has 5 heteroatoms. The van der Waals surface area contributed by atoms with Crippen LogP contribution >= 0.6 is 0 Å². The number of carbonyl (C=O) groups excluding carboxylic acids is 1. The molecule has 0 radical (unpaired) electrons. The molecule has 1 N–H and O–H groups in total. The van der Waals surface area contributed by atoms with E-state index in [0.717, 1.165) is 11.4 Å². The third-order valence-electron chi connectivity index (χ3n) is 2.38. The highest BCUT2D eigenvalue weighted by Crippen LogP contribution is 2.12. The van der Waals surface area contributed by atoms with Crippen LogP contribution in [0.15, 0.2) is 12.4 Å². The van der Waals surface area contributed by atoms with Gasteiger partial charge in [-0.15, -0.1) is 0 Å². The predicted octanol–water partition coefficient (Wildman–Crippen LogP) is 0.997. The zero-order valence-electron chi connectivity index (χ0n) is 10.0. The van der Waals surface area contributed by atoms with Gasteiger partial charge >= 0.3 is 5.97 Å². The van der Waals surface area contributed by atoms with Gasteiger partial charge in [0.25, 0.3) is 0 Å². The fourth-order valence-electron chi connectivity index (χ4n) is 1.54. The number of nitrogens with zero attached hydrogens (tertiary/aromatic N) is 2. The second-order valence-corrected chi connectivity index (χ2v) is 3.66. The second kappa shape index (κ2) is 5.55. The van der Waals surface area contributed by atoms with Crippen molar-refractivity contribution in [3.8, 4) is 0 Å². The molecule has 0 saturated heterocycles. The van der Waals surface area contributed by atoms with Gasteiger partial charge < -0.3 is 4.74 Å². The Hall–Kier alpha value is -1.49. The van der Waals surface area contributed by atoms with E-state index in [1.807, 2.05) is 13.8 Å². The second-order valence-electron chi connectivity index (χ2n) is 3.66. The number of aromatic nitrogens is 2. The Morgan fingerprint density at radius 3 is 2.56 bits per heavy atom. The number of aryl methyl sites for hydroxylation is 1. The molecule has 0 bridgehead atoms. The van der Waals surface area contributed by atoms with Crippen LogP contribution in [0.3, 0.4) is 0 Å². The van der Waals surface area contributed by atoms with Crippen LogP contribution < -0.4 is 5.32 Å². The normalized spacial score (nSPS) is 14.2. The average Bonchev–Trinajstić information content (AvgIpc) is 2.28. The summed E-state index contributed by atoms with van der Waals surface area (Å²) in [5.74, 6) is -0.284. The monoisotopic (exact) mass is 223 g/mol. The van der Waals surface area contributed by atoms with Crippen LogP contribution in [0.1, 0.15) is 31.3 Å². The van der Waals surface area contributed by atoms with Crippen LogP contribution in [0.2, 0.25) is 0 Å². The Balaban J connectivity index is 2.69. The van der Waals surface area contributed by atoms with Gasteiger partial charge in [0, 0.05) is 18.4 Å². The smallest absolute Gasteiger partial charge is 0.322 e. The number of nitrogens with one attached hydrogen (secondary N) is 1. The summed E-state index contributed by atoms with van der Waals surface area (Å²) in [5, 5.41) is 3.11. The van der Waals surface area contributed by atoms with E-state index in [4.69, 9.17) is 0 Å². The van der Waals surface area contributed by atoms with Crippen molar-refractivity contribution in [1.29, 1.82) is 0 Å². The maximum atomic E-state index is 11.2. The first kappa shape index (κ1) is 12.6. The van der Waals surface area contributed by atoms with Gasteiger partial charge in [0.05, 0.1) is 18.5 Å².